The van der Waals surface area contributed by atoms with Crippen molar-refractivity contribution in [3.05, 3.63) is 35.9 Å². The number of carbonyl (C=O) groups is 1. The Morgan fingerprint density at radius 1 is 1.20 bits per heavy atom. The molecule has 1 unspecified atom stereocenters. The van der Waals surface area contributed by atoms with E-state index in [1.807, 2.05) is 30.3 Å². The average molecular weight is 300 g/mol. The molecule has 0 heterocycles. The summed E-state index contributed by atoms with van der Waals surface area (Å²) in [6, 6.07) is 9.55. The average Bonchev–Trinajstić information content (AvgIpc) is 2.45. The molecule has 3 nitrogen and oxygen atoms in total. The van der Waals surface area contributed by atoms with Crippen LogP contribution < -0.4 is 5.73 Å². The van der Waals surface area contributed by atoms with E-state index in [1.54, 1.807) is 0 Å². The van der Waals surface area contributed by atoms with E-state index in [2.05, 4.69) is 6.92 Å². The highest BCUT2D eigenvalue weighted by molar-refractivity contribution is 5.85. The van der Waals surface area contributed by atoms with Crippen LogP contribution in [-0.4, -0.2) is 18.6 Å². The molecule has 0 aliphatic carbocycles. The quantitative estimate of drug-likeness (QED) is 0.561. The van der Waals surface area contributed by atoms with Gasteiger partial charge in [0.05, 0.1) is 6.61 Å². The van der Waals surface area contributed by atoms with Gasteiger partial charge in [0.2, 0.25) is 0 Å². The first-order valence-electron chi connectivity index (χ1n) is 7.20. The summed E-state index contributed by atoms with van der Waals surface area (Å²) >= 11 is 0. The summed E-state index contributed by atoms with van der Waals surface area (Å²) in [5.74, 6) is -0.271. The molecule has 4 heteroatoms. The van der Waals surface area contributed by atoms with Gasteiger partial charge in [-0.15, -0.1) is 12.4 Å². The molecule has 0 aliphatic heterocycles. The number of halogens is 1. The third-order valence-corrected chi connectivity index (χ3v) is 3.13. The van der Waals surface area contributed by atoms with Gasteiger partial charge in [-0.1, -0.05) is 56.5 Å². The lowest BCUT2D eigenvalue weighted by atomic mass is 10.1. The van der Waals surface area contributed by atoms with E-state index in [9.17, 15) is 4.79 Å². The topological polar surface area (TPSA) is 52.3 Å². The van der Waals surface area contributed by atoms with Crippen molar-refractivity contribution in [1.82, 2.24) is 0 Å². The Balaban J connectivity index is 0.00000361. The summed E-state index contributed by atoms with van der Waals surface area (Å²) in [6.45, 7) is 2.66. The fourth-order valence-electron chi connectivity index (χ4n) is 1.89. The molecule has 1 rings (SSSR count). The minimum absolute atomic E-state index is 0. The predicted molar refractivity (Wildman–Crippen MR) is 85.1 cm³/mol. The van der Waals surface area contributed by atoms with E-state index in [0.29, 0.717) is 13.0 Å². The molecule has 1 aromatic carbocycles. The molecule has 1 aromatic rings. The summed E-state index contributed by atoms with van der Waals surface area (Å²) in [6.07, 6.45) is 5.88. The number of nitrogens with two attached hydrogens (primary N) is 1. The van der Waals surface area contributed by atoms with Gasteiger partial charge in [0.15, 0.2) is 0 Å². The highest BCUT2D eigenvalue weighted by Crippen LogP contribution is 2.05. The van der Waals surface area contributed by atoms with Crippen molar-refractivity contribution in [1.29, 1.82) is 0 Å². The highest BCUT2D eigenvalue weighted by atomic mass is 35.5. The number of rotatable bonds is 9. The summed E-state index contributed by atoms with van der Waals surface area (Å²) in [5.41, 5.74) is 7.03. The van der Waals surface area contributed by atoms with Crippen molar-refractivity contribution in [2.24, 2.45) is 5.73 Å². The van der Waals surface area contributed by atoms with Gasteiger partial charge in [0.25, 0.3) is 0 Å². The molecule has 1 atom stereocenters. The molecule has 114 valence electrons. The van der Waals surface area contributed by atoms with Gasteiger partial charge in [-0.25, -0.2) is 0 Å². The van der Waals surface area contributed by atoms with E-state index in [-0.39, 0.29) is 18.4 Å². The molecule has 0 aromatic heterocycles. The minimum Gasteiger partial charge on any atom is -0.465 e. The number of unbranched alkanes of at least 4 members (excludes halogenated alkanes) is 3. The van der Waals surface area contributed by atoms with Crippen LogP contribution in [0.2, 0.25) is 0 Å². The molecule has 0 saturated heterocycles. The Morgan fingerprint density at radius 3 is 2.55 bits per heavy atom. The summed E-state index contributed by atoms with van der Waals surface area (Å²) in [7, 11) is 0. The number of carbonyl (C=O) groups excluding carboxylic acids is 1. The zero-order chi connectivity index (χ0) is 13.9. The van der Waals surface area contributed by atoms with Crippen molar-refractivity contribution in [3.8, 4) is 0 Å². The maximum atomic E-state index is 11.6. The predicted octanol–water partition coefficient (Wildman–Crippen LogP) is 3.49. The fraction of sp³-hybridized carbons (Fsp3) is 0.562. The van der Waals surface area contributed by atoms with Crippen molar-refractivity contribution < 1.29 is 9.53 Å². The molecule has 0 saturated carbocycles. The molecular weight excluding hydrogens is 274 g/mol. The summed E-state index contributed by atoms with van der Waals surface area (Å²) in [4.78, 5) is 11.6. The van der Waals surface area contributed by atoms with Gasteiger partial charge >= 0.3 is 5.97 Å². The van der Waals surface area contributed by atoms with E-state index >= 15 is 0 Å². The zero-order valence-corrected chi connectivity index (χ0v) is 13.0. The normalized spacial score (nSPS) is 11.5. The number of esters is 1. The molecule has 0 bridgehead atoms. The molecule has 0 amide bonds. The molecule has 2 N–H and O–H groups in total. The van der Waals surface area contributed by atoms with Crippen LogP contribution in [0.5, 0.6) is 0 Å². The standard InChI is InChI=1S/C16H25NO2.ClH/c1-2-3-4-8-13-19-16(18)15(17)12-11-14-9-6-5-7-10-14;/h5-7,9-10,15H,2-4,8,11-13,17H2,1H3;1H. The first-order valence-corrected chi connectivity index (χ1v) is 7.20. The second-order valence-corrected chi connectivity index (χ2v) is 4.86. The number of hydrogen-bond donors (Lipinski definition) is 1. The first-order chi connectivity index (χ1) is 9.24. The third-order valence-electron chi connectivity index (χ3n) is 3.13. The van der Waals surface area contributed by atoms with Crippen LogP contribution in [0.4, 0.5) is 0 Å². The Morgan fingerprint density at radius 2 is 1.90 bits per heavy atom. The van der Waals surface area contributed by atoms with Gasteiger partial charge in [-0.2, -0.15) is 0 Å². The Bertz CT molecular complexity index is 357. The monoisotopic (exact) mass is 299 g/mol. The van der Waals surface area contributed by atoms with Crippen molar-refractivity contribution in [3.63, 3.8) is 0 Å². The van der Waals surface area contributed by atoms with Crippen LogP contribution in [0.15, 0.2) is 30.3 Å². The number of ether oxygens (including phenoxy) is 1. The van der Waals surface area contributed by atoms with E-state index in [4.69, 9.17) is 10.5 Å². The minimum atomic E-state index is -0.508. The largest absolute Gasteiger partial charge is 0.465 e. The van der Waals surface area contributed by atoms with E-state index in [1.165, 1.54) is 18.4 Å². The van der Waals surface area contributed by atoms with Crippen LogP contribution in [0.3, 0.4) is 0 Å². The van der Waals surface area contributed by atoms with Gasteiger partial charge in [0, 0.05) is 0 Å². The van der Waals surface area contributed by atoms with Gasteiger partial charge < -0.3 is 10.5 Å². The molecular formula is C16H26ClNO2. The van der Waals surface area contributed by atoms with E-state index < -0.39 is 6.04 Å². The van der Waals surface area contributed by atoms with Crippen LogP contribution in [0.25, 0.3) is 0 Å². The lowest BCUT2D eigenvalue weighted by Gasteiger charge is -2.11. The number of hydrogen-bond acceptors (Lipinski definition) is 3. The van der Waals surface area contributed by atoms with Crippen molar-refractivity contribution in [2.75, 3.05) is 6.61 Å². The van der Waals surface area contributed by atoms with Gasteiger partial charge in [-0.3, -0.25) is 4.79 Å². The van der Waals surface area contributed by atoms with Gasteiger partial charge in [0.1, 0.15) is 6.04 Å². The molecule has 0 radical (unpaired) electrons. The Hall–Kier alpha value is -1.06. The SMILES string of the molecule is CCCCCCOC(=O)C(N)CCc1ccccc1.Cl. The van der Waals surface area contributed by atoms with Crippen LogP contribution >= 0.6 is 12.4 Å². The molecule has 0 spiro atoms. The second kappa shape index (κ2) is 11.7. The summed E-state index contributed by atoms with van der Waals surface area (Å²) < 4.78 is 5.17. The maximum absolute atomic E-state index is 11.6. The van der Waals surface area contributed by atoms with Crippen molar-refractivity contribution in [2.45, 2.75) is 51.5 Å². The Kier molecular flexibility index (Phi) is 11.1. The lowest BCUT2D eigenvalue weighted by molar-refractivity contribution is -0.145. The van der Waals surface area contributed by atoms with Crippen LogP contribution in [0.1, 0.15) is 44.6 Å². The molecule has 20 heavy (non-hydrogen) atoms. The number of aryl methyl sites for hydroxylation is 1. The lowest BCUT2D eigenvalue weighted by Crippen LogP contribution is -2.33. The molecule has 0 fully saturated rings. The third kappa shape index (κ3) is 8.18. The highest BCUT2D eigenvalue weighted by Gasteiger charge is 2.14. The molecule has 0 aliphatic rings. The second-order valence-electron chi connectivity index (χ2n) is 4.86. The number of benzene rings is 1. The summed E-state index contributed by atoms with van der Waals surface area (Å²) in [5, 5.41) is 0. The van der Waals surface area contributed by atoms with E-state index in [0.717, 1.165) is 19.3 Å². The zero-order valence-electron chi connectivity index (χ0n) is 12.2. The van der Waals surface area contributed by atoms with Crippen LogP contribution in [-0.2, 0) is 16.0 Å². The fourth-order valence-corrected chi connectivity index (χ4v) is 1.89. The smallest absolute Gasteiger partial charge is 0.322 e. The van der Waals surface area contributed by atoms with Crippen LogP contribution in [0, 0.1) is 0 Å². The first kappa shape index (κ1) is 18.9. The Labute approximate surface area is 128 Å². The van der Waals surface area contributed by atoms with Gasteiger partial charge in [-0.05, 0) is 24.8 Å². The van der Waals surface area contributed by atoms with Crippen molar-refractivity contribution >= 4 is 18.4 Å². The maximum Gasteiger partial charge on any atom is 0.322 e.